The molecule has 7 aromatic rings. The molecule has 4 aromatic carbocycles. The van der Waals surface area contributed by atoms with Gasteiger partial charge in [0.15, 0.2) is 0 Å². The Morgan fingerprint density at radius 1 is 0.636 bits per heavy atom. The maximum absolute atomic E-state index is 6.28. The summed E-state index contributed by atoms with van der Waals surface area (Å²) in [6.07, 6.45) is 3.81. The van der Waals surface area contributed by atoms with Crippen molar-refractivity contribution in [3.63, 3.8) is 0 Å². The average Bonchev–Trinajstić information content (AvgIpc) is 3.50. The SMILES string of the molecule is C[Si](C)(C)c1ccc(-c2[c-]c3oc(-c4ccccc4)cc3c(-c3ccccc3)c2)nc1.[Ir].[c-]1ccccc1-c1ccccn1. The van der Waals surface area contributed by atoms with Crippen molar-refractivity contribution in [3.8, 4) is 45.0 Å². The summed E-state index contributed by atoms with van der Waals surface area (Å²) in [5, 5.41) is 2.41. The van der Waals surface area contributed by atoms with Crippen molar-refractivity contribution >= 4 is 24.2 Å². The van der Waals surface area contributed by atoms with Crippen molar-refractivity contribution < 1.29 is 24.5 Å². The fraction of sp³-hybridized carbons (Fsp3) is 0.0769. The Balaban J connectivity index is 0.000000248. The number of nitrogens with zero attached hydrogens (tertiary/aromatic N) is 2. The van der Waals surface area contributed by atoms with E-state index < -0.39 is 8.07 Å². The van der Waals surface area contributed by atoms with Gasteiger partial charge in [0.1, 0.15) is 5.76 Å². The van der Waals surface area contributed by atoms with E-state index in [1.54, 1.807) is 6.20 Å². The molecule has 0 unspecified atom stereocenters. The zero-order valence-electron chi connectivity index (χ0n) is 24.9. The van der Waals surface area contributed by atoms with E-state index in [-0.39, 0.29) is 20.1 Å². The molecule has 7 rings (SSSR count). The first-order valence-corrected chi connectivity index (χ1v) is 17.9. The van der Waals surface area contributed by atoms with E-state index in [1.165, 1.54) is 5.19 Å². The number of aromatic nitrogens is 2. The third kappa shape index (κ3) is 7.20. The third-order valence-corrected chi connectivity index (χ3v) is 9.29. The minimum atomic E-state index is -1.39. The van der Waals surface area contributed by atoms with E-state index in [0.717, 1.165) is 55.9 Å². The molecule has 3 aromatic heterocycles. The fourth-order valence-corrected chi connectivity index (χ4v) is 5.91. The van der Waals surface area contributed by atoms with E-state index in [2.05, 4.69) is 97.4 Å². The van der Waals surface area contributed by atoms with Gasteiger partial charge in [-0.15, -0.1) is 47.5 Å². The van der Waals surface area contributed by atoms with Gasteiger partial charge in [0.05, 0.1) is 13.7 Å². The van der Waals surface area contributed by atoms with Crippen molar-refractivity contribution in [1.29, 1.82) is 0 Å². The number of benzene rings is 4. The Labute approximate surface area is 274 Å². The predicted molar refractivity (Wildman–Crippen MR) is 181 cm³/mol. The van der Waals surface area contributed by atoms with Gasteiger partial charge in [-0.05, 0) is 34.3 Å². The summed E-state index contributed by atoms with van der Waals surface area (Å²) in [5.74, 6) is 0.850. The Kier molecular flexibility index (Phi) is 9.81. The van der Waals surface area contributed by atoms with Crippen LogP contribution in [0.3, 0.4) is 0 Å². The summed E-state index contributed by atoms with van der Waals surface area (Å²) >= 11 is 0. The monoisotopic (exact) mass is 765 g/mol. The van der Waals surface area contributed by atoms with Crippen LogP contribution in [0.1, 0.15) is 0 Å². The van der Waals surface area contributed by atoms with E-state index in [1.807, 2.05) is 72.9 Å². The summed E-state index contributed by atoms with van der Waals surface area (Å²) in [5.41, 5.74) is 7.97. The van der Waals surface area contributed by atoms with Gasteiger partial charge in [-0.1, -0.05) is 122 Å². The Morgan fingerprint density at radius 3 is 1.93 bits per heavy atom. The third-order valence-electron chi connectivity index (χ3n) is 7.26. The van der Waals surface area contributed by atoms with Gasteiger partial charge in [-0.3, -0.25) is 0 Å². The van der Waals surface area contributed by atoms with Crippen LogP contribution >= 0.6 is 0 Å². The zero-order valence-corrected chi connectivity index (χ0v) is 28.3. The Bertz CT molecular complexity index is 1880. The van der Waals surface area contributed by atoms with Crippen LogP contribution in [0.25, 0.3) is 55.9 Å². The van der Waals surface area contributed by atoms with Crippen molar-refractivity contribution in [2.24, 2.45) is 0 Å². The normalized spacial score (nSPS) is 10.9. The molecule has 219 valence electrons. The van der Waals surface area contributed by atoms with Crippen molar-refractivity contribution in [3.05, 3.63) is 152 Å². The Morgan fingerprint density at radius 2 is 1.32 bits per heavy atom. The van der Waals surface area contributed by atoms with Crippen LogP contribution in [-0.4, -0.2) is 18.0 Å². The van der Waals surface area contributed by atoms with Crippen LogP contribution in [0.2, 0.25) is 19.6 Å². The first kappa shape index (κ1) is 31.0. The van der Waals surface area contributed by atoms with Gasteiger partial charge >= 0.3 is 0 Å². The minimum absolute atomic E-state index is 0. The van der Waals surface area contributed by atoms with E-state index >= 15 is 0 Å². The molecular weight excluding hydrogens is 733 g/mol. The van der Waals surface area contributed by atoms with Gasteiger partial charge in [0.25, 0.3) is 0 Å². The van der Waals surface area contributed by atoms with Crippen LogP contribution in [0, 0.1) is 12.1 Å². The second kappa shape index (κ2) is 13.9. The van der Waals surface area contributed by atoms with Gasteiger partial charge in [0, 0.05) is 38.1 Å². The molecule has 0 bridgehead atoms. The average molecular weight is 765 g/mol. The molecule has 0 N–H and O–H groups in total. The molecule has 5 heteroatoms. The number of rotatable bonds is 5. The number of furan rings is 1. The summed E-state index contributed by atoms with van der Waals surface area (Å²) in [6, 6.07) is 49.6. The molecule has 0 atom stereocenters. The van der Waals surface area contributed by atoms with Gasteiger partial charge in [-0.25, -0.2) is 0 Å². The quantitative estimate of drug-likeness (QED) is 0.130. The van der Waals surface area contributed by atoms with Crippen LogP contribution in [0.5, 0.6) is 0 Å². The maximum atomic E-state index is 6.28. The maximum Gasteiger partial charge on any atom is 0.123 e. The summed E-state index contributed by atoms with van der Waals surface area (Å²) < 4.78 is 6.28. The first-order valence-electron chi connectivity index (χ1n) is 14.4. The molecule has 0 saturated heterocycles. The summed E-state index contributed by atoms with van der Waals surface area (Å²) in [4.78, 5) is 9.00. The molecule has 0 amide bonds. The van der Waals surface area contributed by atoms with Crippen molar-refractivity contribution in [2.75, 3.05) is 0 Å². The molecular formula is C39H32IrN2OSi-2. The van der Waals surface area contributed by atoms with Crippen molar-refractivity contribution in [2.45, 2.75) is 19.6 Å². The first-order chi connectivity index (χ1) is 21.0. The van der Waals surface area contributed by atoms with Gasteiger partial charge < -0.3 is 14.4 Å². The molecule has 1 radical (unpaired) electrons. The van der Waals surface area contributed by atoms with Gasteiger partial charge in [0.2, 0.25) is 0 Å². The summed E-state index contributed by atoms with van der Waals surface area (Å²) in [6.45, 7) is 7.01. The summed E-state index contributed by atoms with van der Waals surface area (Å²) in [7, 11) is -1.39. The minimum Gasteiger partial charge on any atom is -0.477 e. The van der Waals surface area contributed by atoms with Gasteiger partial charge in [-0.2, -0.15) is 0 Å². The zero-order chi connectivity index (χ0) is 29.6. The fourth-order valence-electron chi connectivity index (χ4n) is 4.88. The van der Waals surface area contributed by atoms with Crippen LogP contribution in [-0.2, 0) is 20.1 Å². The molecule has 0 aliphatic rings. The topological polar surface area (TPSA) is 38.9 Å². The molecule has 3 nitrogen and oxygen atoms in total. The van der Waals surface area contributed by atoms with Crippen LogP contribution in [0.15, 0.2) is 144 Å². The second-order valence-corrected chi connectivity index (χ2v) is 16.4. The number of hydrogen-bond acceptors (Lipinski definition) is 3. The predicted octanol–water partition coefficient (Wildman–Crippen LogP) is 9.72. The number of fused-ring (bicyclic) bond motifs is 1. The van der Waals surface area contributed by atoms with E-state index in [4.69, 9.17) is 9.40 Å². The Hall–Kier alpha value is -4.41. The molecule has 3 heterocycles. The molecule has 0 aliphatic heterocycles. The van der Waals surface area contributed by atoms with E-state index in [0.29, 0.717) is 0 Å². The molecule has 44 heavy (non-hydrogen) atoms. The smallest absolute Gasteiger partial charge is 0.123 e. The van der Waals surface area contributed by atoms with Crippen LogP contribution in [0.4, 0.5) is 0 Å². The largest absolute Gasteiger partial charge is 0.477 e. The molecule has 0 aliphatic carbocycles. The standard InChI is InChI=1S/C28H24NOSi.C11H8N.Ir/c1-31(2,3)23-14-15-26(29-19-23)22-16-24(20-10-6-4-7-11-20)25-18-27(30-28(25)17-22)21-12-8-5-9-13-21;1-2-6-10(7-3-1)11-8-4-5-9-12-11;/h4-16,18-19H,1-3H3;1-6,8-9H;/q2*-1;. The second-order valence-electron chi connectivity index (χ2n) is 11.4. The van der Waals surface area contributed by atoms with E-state index in [9.17, 15) is 0 Å². The molecule has 0 saturated carbocycles. The number of hydrogen-bond donors (Lipinski definition) is 0. The van der Waals surface area contributed by atoms with Crippen LogP contribution < -0.4 is 5.19 Å². The number of pyridine rings is 2. The molecule has 0 spiro atoms. The van der Waals surface area contributed by atoms with Crippen molar-refractivity contribution in [1.82, 2.24) is 9.97 Å². The molecule has 0 fully saturated rings.